The van der Waals surface area contributed by atoms with E-state index < -0.39 is 0 Å². The standard InChI is InChI=1S/C24H26FN5O/c1-31-19-7-5-17(6-8-19)14-29-11-9-16(10-12-29)13-18-15-30-23(27-18)20-3-2-4-21(25)22(20)28-24(30)26/h2-8,15-16H,9-14H2,1H3,(H2,26,28). The number of piperidine rings is 1. The van der Waals surface area contributed by atoms with Gasteiger partial charge in [-0.1, -0.05) is 18.2 Å². The number of nitrogens with two attached hydrogens (primary N) is 1. The summed E-state index contributed by atoms with van der Waals surface area (Å²) in [6, 6.07) is 13.2. The number of nitrogen functional groups attached to an aromatic ring is 1. The number of imidazole rings is 1. The average Bonchev–Trinajstić information content (AvgIpc) is 3.21. The maximum absolute atomic E-state index is 14.1. The number of nitrogens with zero attached hydrogens (tertiary/aromatic N) is 4. The molecule has 0 saturated carbocycles. The van der Waals surface area contributed by atoms with Crippen molar-refractivity contribution < 1.29 is 9.13 Å². The minimum Gasteiger partial charge on any atom is -0.497 e. The summed E-state index contributed by atoms with van der Waals surface area (Å²) in [5.41, 5.74) is 9.32. The molecule has 5 rings (SSSR count). The fraction of sp³-hybridized carbons (Fsp3) is 0.333. The average molecular weight is 420 g/mol. The Kier molecular flexibility index (Phi) is 5.19. The predicted octanol–water partition coefficient (Wildman–Crippen LogP) is 4.07. The Bertz CT molecular complexity index is 1210. The van der Waals surface area contributed by atoms with Gasteiger partial charge in [0, 0.05) is 18.1 Å². The van der Waals surface area contributed by atoms with Gasteiger partial charge >= 0.3 is 0 Å². The number of rotatable bonds is 5. The molecule has 0 bridgehead atoms. The van der Waals surface area contributed by atoms with Crippen LogP contribution in [0.1, 0.15) is 24.1 Å². The van der Waals surface area contributed by atoms with E-state index >= 15 is 0 Å². The molecule has 6 nitrogen and oxygen atoms in total. The Balaban J connectivity index is 1.26. The van der Waals surface area contributed by atoms with E-state index in [2.05, 4.69) is 22.0 Å². The molecule has 31 heavy (non-hydrogen) atoms. The fourth-order valence-corrected chi connectivity index (χ4v) is 4.50. The summed E-state index contributed by atoms with van der Waals surface area (Å²) in [7, 11) is 1.69. The Labute approximate surface area is 180 Å². The molecule has 0 unspecified atom stereocenters. The number of likely N-dealkylation sites (tertiary alicyclic amines) is 1. The van der Waals surface area contributed by atoms with Crippen LogP contribution in [0.4, 0.5) is 10.3 Å². The van der Waals surface area contributed by atoms with Gasteiger partial charge in [-0.15, -0.1) is 0 Å². The van der Waals surface area contributed by atoms with Crippen LogP contribution in [-0.2, 0) is 13.0 Å². The van der Waals surface area contributed by atoms with Gasteiger partial charge in [0.2, 0.25) is 5.95 Å². The number of halogens is 1. The van der Waals surface area contributed by atoms with E-state index in [9.17, 15) is 4.39 Å². The zero-order chi connectivity index (χ0) is 21.4. The summed E-state index contributed by atoms with van der Waals surface area (Å²) < 4.78 is 21.1. The Morgan fingerprint density at radius 3 is 2.61 bits per heavy atom. The van der Waals surface area contributed by atoms with Crippen LogP contribution in [-0.4, -0.2) is 39.5 Å². The summed E-state index contributed by atoms with van der Waals surface area (Å²) in [6.45, 7) is 3.11. The van der Waals surface area contributed by atoms with Crippen molar-refractivity contribution in [2.24, 2.45) is 5.92 Å². The number of aromatic nitrogens is 3. The van der Waals surface area contributed by atoms with Crippen molar-refractivity contribution in [1.82, 2.24) is 19.3 Å². The molecule has 1 saturated heterocycles. The van der Waals surface area contributed by atoms with Gasteiger partial charge in [-0.05, 0) is 68.1 Å². The molecule has 7 heteroatoms. The Hall–Kier alpha value is -3.19. The van der Waals surface area contributed by atoms with Gasteiger partial charge in [-0.2, -0.15) is 0 Å². The largest absolute Gasteiger partial charge is 0.497 e. The third-order valence-corrected chi connectivity index (χ3v) is 6.23. The first kappa shape index (κ1) is 19.8. The molecular formula is C24H26FN5O. The molecule has 4 aromatic rings. The minimum absolute atomic E-state index is 0.265. The fourth-order valence-electron chi connectivity index (χ4n) is 4.50. The zero-order valence-electron chi connectivity index (χ0n) is 17.6. The number of hydrogen-bond acceptors (Lipinski definition) is 5. The number of benzene rings is 2. The maximum Gasteiger partial charge on any atom is 0.206 e. The highest BCUT2D eigenvalue weighted by Gasteiger charge is 2.21. The monoisotopic (exact) mass is 419 g/mol. The van der Waals surface area contributed by atoms with Crippen molar-refractivity contribution in [1.29, 1.82) is 0 Å². The first-order chi connectivity index (χ1) is 15.1. The second-order valence-electron chi connectivity index (χ2n) is 8.30. The van der Waals surface area contributed by atoms with E-state index in [1.807, 2.05) is 24.4 Å². The van der Waals surface area contributed by atoms with Gasteiger partial charge in [0.25, 0.3) is 0 Å². The molecule has 1 aliphatic heterocycles. The van der Waals surface area contributed by atoms with Gasteiger partial charge in [-0.25, -0.2) is 14.4 Å². The second kappa shape index (κ2) is 8.15. The molecule has 1 aliphatic rings. The van der Waals surface area contributed by atoms with E-state index in [4.69, 9.17) is 15.5 Å². The first-order valence-electron chi connectivity index (χ1n) is 10.7. The summed E-state index contributed by atoms with van der Waals surface area (Å²) in [4.78, 5) is 11.5. The lowest BCUT2D eigenvalue weighted by Gasteiger charge is -2.31. The lowest BCUT2D eigenvalue weighted by Crippen LogP contribution is -2.33. The molecule has 160 valence electrons. The van der Waals surface area contributed by atoms with Crippen molar-refractivity contribution >= 4 is 22.5 Å². The highest BCUT2D eigenvalue weighted by atomic mass is 19.1. The number of fused-ring (bicyclic) bond motifs is 3. The van der Waals surface area contributed by atoms with E-state index in [-0.39, 0.29) is 17.3 Å². The van der Waals surface area contributed by atoms with Gasteiger partial charge in [0.1, 0.15) is 22.7 Å². The molecule has 2 aromatic heterocycles. The third-order valence-electron chi connectivity index (χ3n) is 6.23. The van der Waals surface area contributed by atoms with Crippen molar-refractivity contribution in [3.8, 4) is 5.75 Å². The highest BCUT2D eigenvalue weighted by Crippen LogP contribution is 2.26. The number of ether oxygens (including phenoxy) is 1. The van der Waals surface area contributed by atoms with Gasteiger partial charge in [0.05, 0.1) is 12.8 Å². The van der Waals surface area contributed by atoms with Gasteiger partial charge in [0.15, 0.2) is 0 Å². The molecule has 0 spiro atoms. The summed E-state index contributed by atoms with van der Waals surface area (Å²) in [6.07, 6.45) is 5.11. The van der Waals surface area contributed by atoms with E-state index in [0.717, 1.165) is 50.3 Å². The van der Waals surface area contributed by atoms with Crippen LogP contribution in [0.5, 0.6) is 5.75 Å². The lowest BCUT2D eigenvalue weighted by atomic mass is 9.92. The Morgan fingerprint density at radius 1 is 1.10 bits per heavy atom. The van der Waals surface area contributed by atoms with Crippen molar-refractivity contribution in [3.63, 3.8) is 0 Å². The summed E-state index contributed by atoms with van der Waals surface area (Å²) in [5.74, 6) is 1.36. The predicted molar refractivity (Wildman–Crippen MR) is 120 cm³/mol. The molecule has 0 aliphatic carbocycles. The van der Waals surface area contributed by atoms with Crippen molar-refractivity contribution in [2.75, 3.05) is 25.9 Å². The van der Waals surface area contributed by atoms with Crippen LogP contribution in [0.15, 0.2) is 48.7 Å². The van der Waals surface area contributed by atoms with E-state index in [1.165, 1.54) is 11.6 Å². The molecule has 3 heterocycles. The number of methoxy groups -OCH3 is 1. The van der Waals surface area contributed by atoms with Crippen LogP contribution in [0.3, 0.4) is 0 Å². The number of para-hydroxylation sites is 1. The van der Waals surface area contributed by atoms with Crippen molar-refractivity contribution in [3.05, 3.63) is 65.7 Å². The molecule has 0 amide bonds. The minimum atomic E-state index is -0.375. The summed E-state index contributed by atoms with van der Waals surface area (Å²) in [5, 5.41) is 0.690. The second-order valence-corrected chi connectivity index (χ2v) is 8.30. The molecule has 2 N–H and O–H groups in total. The molecule has 1 fully saturated rings. The van der Waals surface area contributed by atoms with Crippen LogP contribution in [0.25, 0.3) is 16.6 Å². The third kappa shape index (κ3) is 3.93. The van der Waals surface area contributed by atoms with Crippen LogP contribution < -0.4 is 10.5 Å². The molecular weight excluding hydrogens is 393 g/mol. The first-order valence-corrected chi connectivity index (χ1v) is 10.7. The zero-order valence-corrected chi connectivity index (χ0v) is 17.6. The van der Waals surface area contributed by atoms with Gasteiger partial charge in [-0.3, -0.25) is 9.30 Å². The highest BCUT2D eigenvalue weighted by molar-refractivity contribution is 5.92. The topological polar surface area (TPSA) is 68.7 Å². The maximum atomic E-state index is 14.1. The van der Waals surface area contributed by atoms with Crippen molar-refractivity contribution in [2.45, 2.75) is 25.8 Å². The Morgan fingerprint density at radius 2 is 1.87 bits per heavy atom. The van der Waals surface area contributed by atoms with Gasteiger partial charge < -0.3 is 10.5 Å². The smallest absolute Gasteiger partial charge is 0.206 e. The van der Waals surface area contributed by atoms with E-state index in [0.29, 0.717) is 17.0 Å². The number of hydrogen-bond donors (Lipinski definition) is 1. The summed E-state index contributed by atoms with van der Waals surface area (Å²) >= 11 is 0. The van der Waals surface area contributed by atoms with Crippen LogP contribution in [0.2, 0.25) is 0 Å². The quantitative estimate of drug-likeness (QED) is 0.528. The molecule has 2 aromatic carbocycles. The normalized spacial score (nSPS) is 15.7. The lowest BCUT2D eigenvalue weighted by molar-refractivity contribution is 0.176. The SMILES string of the molecule is COc1ccc(CN2CCC(Cc3cn4c(N)nc5c(F)cccc5c4n3)CC2)cc1. The molecule has 0 radical (unpaired) electrons. The molecule has 0 atom stereocenters. The number of anilines is 1. The van der Waals surface area contributed by atoms with Crippen LogP contribution in [0, 0.1) is 11.7 Å². The van der Waals surface area contributed by atoms with E-state index in [1.54, 1.807) is 17.6 Å². The van der Waals surface area contributed by atoms with Crippen LogP contribution >= 0.6 is 0 Å².